The van der Waals surface area contributed by atoms with Crippen LogP contribution in [0.4, 0.5) is 0 Å². The van der Waals surface area contributed by atoms with Gasteiger partial charge in [0.25, 0.3) is 0 Å². The van der Waals surface area contributed by atoms with Gasteiger partial charge in [-0.2, -0.15) is 0 Å². The van der Waals surface area contributed by atoms with E-state index >= 15 is 0 Å². The number of carbonyl (C=O) groups is 2. The summed E-state index contributed by atoms with van der Waals surface area (Å²) in [6.07, 6.45) is 3.14. The number of carbonyl (C=O) groups excluding carboxylic acids is 2. The molecule has 1 rings (SSSR count). The molecule has 0 aromatic carbocycles. The number of hydrogen-bond donors (Lipinski definition) is 0. The lowest BCUT2D eigenvalue weighted by molar-refractivity contribution is -0.161. The van der Waals surface area contributed by atoms with E-state index < -0.39 is 0 Å². The largest absolute Gasteiger partial charge is 0.463 e. The van der Waals surface area contributed by atoms with Crippen molar-refractivity contribution in [1.82, 2.24) is 0 Å². The van der Waals surface area contributed by atoms with Crippen LogP contribution in [0, 0.1) is 17.8 Å². The van der Waals surface area contributed by atoms with Crippen LogP contribution in [-0.2, 0) is 23.8 Å². The van der Waals surface area contributed by atoms with E-state index in [0.29, 0.717) is 13.0 Å². The predicted molar refractivity (Wildman–Crippen MR) is 87.9 cm³/mol. The second kappa shape index (κ2) is 9.91. The zero-order chi connectivity index (χ0) is 17.4. The Morgan fingerprint density at radius 2 is 2.04 bits per heavy atom. The van der Waals surface area contributed by atoms with Crippen molar-refractivity contribution in [2.45, 2.75) is 72.5 Å². The summed E-state index contributed by atoms with van der Waals surface area (Å²) in [7, 11) is 0. The zero-order valence-corrected chi connectivity index (χ0v) is 15.2. The molecule has 1 saturated heterocycles. The van der Waals surface area contributed by atoms with E-state index in [1.165, 1.54) is 0 Å². The maximum absolute atomic E-state index is 12.0. The Morgan fingerprint density at radius 3 is 2.65 bits per heavy atom. The Morgan fingerprint density at radius 1 is 1.35 bits per heavy atom. The minimum Gasteiger partial charge on any atom is -0.463 e. The SMILES string of the molecule is CCCC[C@H]1[C@H](C)OC(=O)[C@@H](C)CCO[C@@H]1COC(=O)C(C)C. The van der Waals surface area contributed by atoms with Gasteiger partial charge in [-0.25, -0.2) is 0 Å². The van der Waals surface area contributed by atoms with Crippen molar-refractivity contribution < 1.29 is 23.8 Å². The van der Waals surface area contributed by atoms with E-state index in [1.807, 2.05) is 27.7 Å². The first-order valence-corrected chi connectivity index (χ1v) is 8.85. The fourth-order valence-corrected chi connectivity index (χ4v) is 2.69. The minimum atomic E-state index is -0.239. The highest BCUT2D eigenvalue weighted by atomic mass is 16.6. The van der Waals surface area contributed by atoms with Crippen molar-refractivity contribution >= 4 is 11.9 Å². The lowest BCUT2D eigenvalue weighted by Gasteiger charge is -2.30. The summed E-state index contributed by atoms with van der Waals surface area (Å²) >= 11 is 0. The van der Waals surface area contributed by atoms with Gasteiger partial charge in [0.1, 0.15) is 12.7 Å². The van der Waals surface area contributed by atoms with Gasteiger partial charge in [0.2, 0.25) is 0 Å². The van der Waals surface area contributed by atoms with Crippen LogP contribution in [0.25, 0.3) is 0 Å². The molecule has 1 fully saturated rings. The Bertz CT molecular complexity index is 380. The highest BCUT2D eigenvalue weighted by Gasteiger charge is 2.33. The summed E-state index contributed by atoms with van der Waals surface area (Å²) < 4.78 is 17.0. The lowest BCUT2D eigenvalue weighted by atomic mass is 9.91. The molecule has 0 bridgehead atoms. The number of cyclic esters (lactones) is 1. The molecule has 0 spiro atoms. The van der Waals surface area contributed by atoms with Gasteiger partial charge < -0.3 is 14.2 Å². The molecule has 1 heterocycles. The molecule has 5 nitrogen and oxygen atoms in total. The summed E-state index contributed by atoms with van der Waals surface area (Å²) in [6, 6.07) is 0. The van der Waals surface area contributed by atoms with E-state index in [2.05, 4.69) is 6.92 Å². The monoisotopic (exact) mass is 328 g/mol. The third kappa shape index (κ3) is 6.50. The van der Waals surface area contributed by atoms with Crippen molar-refractivity contribution in [2.24, 2.45) is 17.8 Å². The molecule has 0 radical (unpaired) electrons. The van der Waals surface area contributed by atoms with Crippen LogP contribution >= 0.6 is 0 Å². The van der Waals surface area contributed by atoms with E-state index in [1.54, 1.807) is 0 Å². The van der Waals surface area contributed by atoms with Crippen LogP contribution in [0.5, 0.6) is 0 Å². The van der Waals surface area contributed by atoms with Crippen LogP contribution in [0.3, 0.4) is 0 Å². The molecular formula is C18H32O5. The molecule has 23 heavy (non-hydrogen) atoms. The highest BCUT2D eigenvalue weighted by Crippen LogP contribution is 2.26. The third-order valence-corrected chi connectivity index (χ3v) is 4.42. The van der Waals surface area contributed by atoms with Crippen LogP contribution in [0.2, 0.25) is 0 Å². The van der Waals surface area contributed by atoms with Crippen molar-refractivity contribution in [1.29, 1.82) is 0 Å². The number of hydrogen-bond acceptors (Lipinski definition) is 5. The van der Waals surface area contributed by atoms with E-state index in [9.17, 15) is 9.59 Å². The number of esters is 2. The quantitative estimate of drug-likeness (QED) is 0.700. The first-order valence-electron chi connectivity index (χ1n) is 8.85. The molecule has 0 saturated carbocycles. The van der Waals surface area contributed by atoms with Crippen LogP contribution in [0.15, 0.2) is 0 Å². The summed E-state index contributed by atoms with van der Waals surface area (Å²) in [5.41, 5.74) is 0. The van der Waals surface area contributed by atoms with Gasteiger partial charge in [0.05, 0.1) is 17.9 Å². The van der Waals surface area contributed by atoms with Crippen LogP contribution < -0.4 is 0 Å². The molecule has 5 heteroatoms. The number of ether oxygens (including phenoxy) is 3. The van der Waals surface area contributed by atoms with E-state index in [4.69, 9.17) is 14.2 Å². The second-order valence-electron chi connectivity index (χ2n) is 6.83. The number of rotatable bonds is 6. The maximum Gasteiger partial charge on any atom is 0.309 e. The van der Waals surface area contributed by atoms with Crippen molar-refractivity contribution in [3.63, 3.8) is 0 Å². The summed E-state index contributed by atoms with van der Waals surface area (Å²) in [5, 5.41) is 0. The molecule has 0 aromatic heterocycles. The first-order chi connectivity index (χ1) is 10.9. The third-order valence-electron chi connectivity index (χ3n) is 4.42. The van der Waals surface area contributed by atoms with Crippen molar-refractivity contribution in [3.8, 4) is 0 Å². The van der Waals surface area contributed by atoms with Gasteiger partial charge in [-0.3, -0.25) is 9.59 Å². The molecule has 0 unspecified atom stereocenters. The van der Waals surface area contributed by atoms with Gasteiger partial charge >= 0.3 is 11.9 Å². The van der Waals surface area contributed by atoms with Gasteiger partial charge in [-0.1, -0.05) is 40.5 Å². The zero-order valence-electron chi connectivity index (χ0n) is 15.2. The Kier molecular flexibility index (Phi) is 8.59. The molecule has 4 atom stereocenters. The minimum absolute atomic E-state index is 0.0455. The predicted octanol–water partition coefficient (Wildman–Crippen LogP) is 3.35. The molecule has 1 aliphatic rings. The molecule has 1 aliphatic heterocycles. The molecule has 0 N–H and O–H groups in total. The van der Waals surface area contributed by atoms with E-state index in [-0.39, 0.29) is 48.5 Å². The lowest BCUT2D eigenvalue weighted by Crippen LogP contribution is -2.38. The fraction of sp³-hybridized carbons (Fsp3) is 0.889. The Labute approximate surface area is 140 Å². The molecule has 0 amide bonds. The fourth-order valence-electron chi connectivity index (χ4n) is 2.69. The molecule has 134 valence electrons. The number of unbranched alkanes of at least 4 members (excludes halogenated alkanes) is 1. The molecule has 0 aliphatic carbocycles. The summed E-state index contributed by atoms with van der Waals surface area (Å²) in [6.45, 7) is 10.2. The first kappa shape index (κ1) is 19.9. The highest BCUT2D eigenvalue weighted by molar-refractivity contribution is 5.72. The van der Waals surface area contributed by atoms with Gasteiger partial charge in [0, 0.05) is 12.5 Å². The molecule has 0 aromatic rings. The summed E-state index contributed by atoms with van der Waals surface area (Å²) in [5.74, 6) is -0.663. The van der Waals surface area contributed by atoms with Crippen molar-refractivity contribution in [3.05, 3.63) is 0 Å². The van der Waals surface area contributed by atoms with Crippen LogP contribution in [0.1, 0.15) is 60.3 Å². The van der Waals surface area contributed by atoms with E-state index in [0.717, 1.165) is 19.3 Å². The second-order valence-corrected chi connectivity index (χ2v) is 6.83. The van der Waals surface area contributed by atoms with Gasteiger partial charge in [-0.05, 0) is 19.8 Å². The van der Waals surface area contributed by atoms with Crippen molar-refractivity contribution in [2.75, 3.05) is 13.2 Å². The maximum atomic E-state index is 12.0. The summed E-state index contributed by atoms with van der Waals surface area (Å²) in [4.78, 5) is 23.8. The average Bonchev–Trinajstić information content (AvgIpc) is 2.54. The standard InChI is InChI=1S/C18H32O5/c1-6-7-8-15-14(5)23-18(20)13(4)9-10-21-16(15)11-22-17(19)12(2)3/h12-16H,6-11H2,1-5H3/t13-,14-,15-,16+/m0/s1. The van der Waals surface area contributed by atoms with Crippen LogP contribution in [-0.4, -0.2) is 37.4 Å². The Hall–Kier alpha value is -1.10. The van der Waals surface area contributed by atoms with Gasteiger partial charge in [-0.15, -0.1) is 0 Å². The average molecular weight is 328 g/mol. The topological polar surface area (TPSA) is 61.8 Å². The normalized spacial score (nSPS) is 29.4. The molecular weight excluding hydrogens is 296 g/mol. The van der Waals surface area contributed by atoms with Gasteiger partial charge in [0.15, 0.2) is 0 Å². The smallest absolute Gasteiger partial charge is 0.309 e. The Balaban J connectivity index is 2.81.